The number of hydrogen-bond donors (Lipinski definition) is 1. The lowest BCUT2D eigenvalue weighted by Gasteiger charge is -2.22. The molecular formula is C22H32N2O. The molecule has 3 nitrogen and oxygen atoms in total. The fourth-order valence-corrected chi connectivity index (χ4v) is 2.89. The van der Waals surface area contributed by atoms with Crippen LogP contribution < -0.4 is 5.73 Å². The van der Waals surface area contributed by atoms with E-state index in [2.05, 4.69) is 65.6 Å². The Morgan fingerprint density at radius 2 is 1.20 bits per heavy atom. The van der Waals surface area contributed by atoms with Gasteiger partial charge in [-0.3, -0.25) is 4.90 Å². The summed E-state index contributed by atoms with van der Waals surface area (Å²) < 4.78 is 5.68. The highest BCUT2D eigenvalue weighted by molar-refractivity contribution is 5.17. The van der Waals surface area contributed by atoms with Gasteiger partial charge in [-0.2, -0.15) is 0 Å². The van der Waals surface area contributed by atoms with Gasteiger partial charge < -0.3 is 10.5 Å². The monoisotopic (exact) mass is 340 g/mol. The molecule has 0 bridgehead atoms. The molecular weight excluding hydrogens is 308 g/mol. The first kappa shape index (κ1) is 19.6. The van der Waals surface area contributed by atoms with Crippen molar-refractivity contribution in [3.8, 4) is 0 Å². The highest BCUT2D eigenvalue weighted by atomic mass is 16.5. The van der Waals surface area contributed by atoms with E-state index in [1.807, 2.05) is 0 Å². The Morgan fingerprint density at radius 1 is 0.680 bits per heavy atom. The zero-order valence-electron chi connectivity index (χ0n) is 15.3. The van der Waals surface area contributed by atoms with Gasteiger partial charge in [-0.15, -0.1) is 0 Å². The van der Waals surface area contributed by atoms with Crippen LogP contribution in [0.1, 0.15) is 36.8 Å². The van der Waals surface area contributed by atoms with Crippen molar-refractivity contribution in [1.29, 1.82) is 0 Å². The molecule has 136 valence electrons. The van der Waals surface area contributed by atoms with Gasteiger partial charge in [0.2, 0.25) is 0 Å². The number of benzene rings is 2. The Hall–Kier alpha value is -1.68. The lowest BCUT2D eigenvalue weighted by molar-refractivity contribution is 0.123. The maximum atomic E-state index is 5.68. The third-order valence-electron chi connectivity index (χ3n) is 4.25. The van der Waals surface area contributed by atoms with Crippen LogP contribution in [0.2, 0.25) is 0 Å². The SMILES string of the molecule is NCCCCOCCCCN(Cc1ccccc1)Cc1ccccc1. The molecule has 0 heterocycles. The highest BCUT2D eigenvalue weighted by Crippen LogP contribution is 2.11. The van der Waals surface area contributed by atoms with Crippen LogP contribution in [0.3, 0.4) is 0 Å². The Labute approximate surface area is 152 Å². The van der Waals surface area contributed by atoms with Crippen LogP contribution in [0, 0.1) is 0 Å². The van der Waals surface area contributed by atoms with E-state index >= 15 is 0 Å². The third kappa shape index (κ3) is 8.82. The van der Waals surface area contributed by atoms with Crippen molar-refractivity contribution in [3.63, 3.8) is 0 Å². The molecule has 0 fully saturated rings. The molecule has 2 N–H and O–H groups in total. The standard InChI is InChI=1S/C22H32N2O/c23-15-7-9-17-25-18-10-8-16-24(19-21-11-3-1-4-12-21)20-22-13-5-2-6-14-22/h1-6,11-14H,7-10,15-20,23H2. The zero-order valence-corrected chi connectivity index (χ0v) is 15.3. The summed E-state index contributed by atoms with van der Waals surface area (Å²) in [6.45, 7) is 5.54. The first-order valence-electron chi connectivity index (χ1n) is 9.46. The van der Waals surface area contributed by atoms with E-state index in [4.69, 9.17) is 10.5 Å². The van der Waals surface area contributed by atoms with E-state index in [1.54, 1.807) is 0 Å². The smallest absolute Gasteiger partial charge is 0.0466 e. The second kappa shape index (κ2) is 12.6. The molecule has 0 saturated carbocycles. The van der Waals surface area contributed by atoms with Crippen molar-refractivity contribution in [2.45, 2.75) is 38.8 Å². The molecule has 0 amide bonds. The van der Waals surface area contributed by atoms with Crippen LogP contribution in [0.4, 0.5) is 0 Å². The first-order chi connectivity index (χ1) is 12.4. The van der Waals surface area contributed by atoms with Crippen molar-refractivity contribution in [1.82, 2.24) is 4.90 Å². The molecule has 0 radical (unpaired) electrons. The summed E-state index contributed by atoms with van der Waals surface area (Å²) >= 11 is 0. The fraction of sp³-hybridized carbons (Fsp3) is 0.455. The molecule has 0 spiro atoms. The van der Waals surface area contributed by atoms with Gasteiger partial charge >= 0.3 is 0 Å². The van der Waals surface area contributed by atoms with E-state index in [0.29, 0.717) is 0 Å². The minimum absolute atomic E-state index is 0.761. The number of hydrogen-bond acceptors (Lipinski definition) is 3. The third-order valence-corrected chi connectivity index (χ3v) is 4.25. The Balaban J connectivity index is 1.74. The molecule has 0 aliphatic heterocycles. The maximum Gasteiger partial charge on any atom is 0.0466 e. The quantitative estimate of drug-likeness (QED) is 0.555. The van der Waals surface area contributed by atoms with E-state index in [9.17, 15) is 0 Å². The molecule has 0 unspecified atom stereocenters. The summed E-state index contributed by atoms with van der Waals surface area (Å²) in [6, 6.07) is 21.4. The molecule has 0 aromatic heterocycles. The molecule has 2 rings (SSSR count). The molecule has 2 aromatic rings. The normalized spacial score (nSPS) is 11.1. The van der Waals surface area contributed by atoms with E-state index < -0.39 is 0 Å². The lowest BCUT2D eigenvalue weighted by atomic mass is 10.1. The molecule has 0 aliphatic rings. The maximum absolute atomic E-state index is 5.68. The summed E-state index contributed by atoms with van der Waals surface area (Å²) in [6.07, 6.45) is 4.41. The minimum atomic E-state index is 0.761. The average molecular weight is 341 g/mol. The largest absolute Gasteiger partial charge is 0.381 e. The lowest BCUT2D eigenvalue weighted by Crippen LogP contribution is -2.24. The molecule has 0 atom stereocenters. The van der Waals surface area contributed by atoms with Gasteiger partial charge in [0.25, 0.3) is 0 Å². The first-order valence-corrected chi connectivity index (χ1v) is 9.46. The van der Waals surface area contributed by atoms with Gasteiger partial charge in [-0.05, 0) is 49.9 Å². The minimum Gasteiger partial charge on any atom is -0.381 e. The molecule has 2 aromatic carbocycles. The van der Waals surface area contributed by atoms with Gasteiger partial charge in [-0.25, -0.2) is 0 Å². The van der Waals surface area contributed by atoms with Crippen LogP contribution >= 0.6 is 0 Å². The molecule has 0 aliphatic carbocycles. The summed E-state index contributed by atoms with van der Waals surface area (Å²) in [7, 11) is 0. The molecule has 3 heteroatoms. The van der Waals surface area contributed by atoms with E-state index in [-0.39, 0.29) is 0 Å². The summed E-state index contributed by atoms with van der Waals surface area (Å²) in [5, 5.41) is 0. The Kier molecular flexibility index (Phi) is 9.94. The second-order valence-corrected chi connectivity index (χ2v) is 6.50. The van der Waals surface area contributed by atoms with Gasteiger partial charge in [0.05, 0.1) is 0 Å². The van der Waals surface area contributed by atoms with Crippen molar-refractivity contribution >= 4 is 0 Å². The van der Waals surface area contributed by atoms with Crippen molar-refractivity contribution in [3.05, 3.63) is 71.8 Å². The van der Waals surface area contributed by atoms with Gasteiger partial charge in [0.1, 0.15) is 0 Å². The van der Waals surface area contributed by atoms with Crippen LogP contribution in [0.25, 0.3) is 0 Å². The van der Waals surface area contributed by atoms with Crippen LogP contribution in [-0.2, 0) is 17.8 Å². The van der Waals surface area contributed by atoms with Crippen LogP contribution in [0.5, 0.6) is 0 Å². The molecule has 0 saturated heterocycles. The van der Waals surface area contributed by atoms with Gasteiger partial charge in [-0.1, -0.05) is 60.7 Å². The number of nitrogens with zero attached hydrogens (tertiary/aromatic N) is 1. The second-order valence-electron chi connectivity index (χ2n) is 6.50. The van der Waals surface area contributed by atoms with E-state index in [1.165, 1.54) is 11.1 Å². The van der Waals surface area contributed by atoms with Crippen LogP contribution in [0.15, 0.2) is 60.7 Å². The predicted octanol–water partition coefficient (Wildman–Crippen LogP) is 4.22. The number of ether oxygens (including phenoxy) is 1. The number of rotatable bonds is 13. The van der Waals surface area contributed by atoms with E-state index in [0.717, 1.165) is 65.1 Å². The topological polar surface area (TPSA) is 38.5 Å². The molecule has 25 heavy (non-hydrogen) atoms. The van der Waals surface area contributed by atoms with Crippen molar-refractivity contribution in [2.24, 2.45) is 5.73 Å². The van der Waals surface area contributed by atoms with Gasteiger partial charge in [0, 0.05) is 26.3 Å². The fourth-order valence-electron chi connectivity index (χ4n) is 2.89. The summed E-state index contributed by atoms with van der Waals surface area (Å²) in [5.41, 5.74) is 8.23. The number of unbranched alkanes of at least 4 members (excludes halogenated alkanes) is 2. The average Bonchev–Trinajstić information content (AvgIpc) is 2.65. The van der Waals surface area contributed by atoms with Gasteiger partial charge in [0.15, 0.2) is 0 Å². The van der Waals surface area contributed by atoms with Crippen LogP contribution in [-0.4, -0.2) is 31.2 Å². The number of nitrogens with two attached hydrogens (primary N) is 1. The Morgan fingerprint density at radius 3 is 1.72 bits per heavy atom. The summed E-state index contributed by atoms with van der Waals surface area (Å²) in [4.78, 5) is 2.53. The summed E-state index contributed by atoms with van der Waals surface area (Å²) in [5.74, 6) is 0. The zero-order chi connectivity index (χ0) is 17.6. The van der Waals surface area contributed by atoms with Crippen molar-refractivity contribution < 1.29 is 4.74 Å². The Bertz CT molecular complexity index is 503. The highest BCUT2D eigenvalue weighted by Gasteiger charge is 2.07. The van der Waals surface area contributed by atoms with Crippen molar-refractivity contribution in [2.75, 3.05) is 26.3 Å². The predicted molar refractivity (Wildman–Crippen MR) is 105 cm³/mol.